The number of fused-ring (bicyclic) bond motifs is 1. The number of esters is 1. The van der Waals surface area contributed by atoms with Crippen LogP contribution in [0.1, 0.15) is 53.4 Å². The average molecular weight is 407 g/mol. The summed E-state index contributed by atoms with van der Waals surface area (Å²) < 4.78 is 7.52. The van der Waals surface area contributed by atoms with Gasteiger partial charge in [0.1, 0.15) is 5.75 Å². The highest BCUT2D eigenvalue weighted by atomic mass is 16.5. The SMILES string of the molecule is CCOC(=O)c1c(C)n(-c2ccc(C)cc2)c2ccc(O)c(CN3CCCCC3)c12. The number of rotatable bonds is 5. The Hall–Kier alpha value is -2.79. The first-order chi connectivity index (χ1) is 14.5. The lowest BCUT2D eigenvalue weighted by atomic mass is 10.0. The van der Waals surface area contributed by atoms with Crippen LogP contribution in [0.2, 0.25) is 0 Å². The number of aromatic hydroxyl groups is 1. The van der Waals surface area contributed by atoms with Gasteiger partial charge in [0.15, 0.2) is 0 Å². The number of hydrogen-bond acceptors (Lipinski definition) is 4. The number of benzene rings is 2. The summed E-state index contributed by atoms with van der Waals surface area (Å²) in [6.07, 6.45) is 3.60. The van der Waals surface area contributed by atoms with Crippen LogP contribution < -0.4 is 0 Å². The molecule has 0 bridgehead atoms. The third kappa shape index (κ3) is 3.70. The Bertz CT molecular complexity index is 1060. The van der Waals surface area contributed by atoms with Crippen molar-refractivity contribution in [3.05, 3.63) is 58.8 Å². The summed E-state index contributed by atoms with van der Waals surface area (Å²) in [6.45, 7) is 8.81. The standard InChI is InChI=1S/C25H30N2O3/c1-4-30-25(29)23-18(3)27(19-10-8-17(2)9-11-19)21-12-13-22(28)20(24(21)23)16-26-14-6-5-7-15-26/h8-13,28H,4-7,14-16H2,1-3H3. The van der Waals surface area contributed by atoms with Gasteiger partial charge in [-0.3, -0.25) is 4.90 Å². The molecule has 0 amide bonds. The van der Waals surface area contributed by atoms with E-state index in [1.54, 1.807) is 6.07 Å². The van der Waals surface area contributed by atoms with E-state index in [9.17, 15) is 9.90 Å². The van der Waals surface area contributed by atoms with Crippen LogP contribution in [0.25, 0.3) is 16.6 Å². The number of carbonyl (C=O) groups is 1. The van der Waals surface area contributed by atoms with Gasteiger partial charge in [-0.15, -0.1) is 0 Å². The Morgan fingerprint density at radius 3 is 2.40 bits per heavy atom. The van der Waals surface area contributed by atoms with Crippen LogP contribution in [0.4, 0.5) is 0 Å². The van der Waals surface area contributed by atoms with Gasteiger partial charge < -0.3 is 14.4 Å². The monoisotopic (exact) mass is 406 g/mol. The minimum atomic E-state index is -0.337. The number of phenolic OH excluding ortho intramolecular Hbond substituents is 1. The Morgan fingerprint density at radius 1 is 1.03 bits per heavy atom. The first-order valence-corrected chi connectivity index (χ1v) is 10.8. The maximum Gasteiger partial charge on any atom is 0.340 e. The zero-order chi connectivity index (χ0) is 21.3. The fourth-order valence-electron chi connectivity index (χ4n) is 4.54. The molecule has 1 fully saturated rings. The van der Waals surface area contributed by atoms with Crippen molar-refractivity contribution in [3.8, 4) is 11.4 Å². The molecule has 1 aromatic heterocycles. The molecule has 5 heteroatoms. The van der Waals surface area contributed by atoms with Crippen molar-refractivity contribution >= 4 is 16.9 Å². The van der Waals surface area contributed by atoms with Crippen molar-refractivity contribution in [1.29, 1.82) is 0 Å². The molecule has 3 aromatic rings. The first kappa shape index (κ1) is 20.5. The summed E-state index contributed by atoms with van der Waals surface area (Å²) in [4.78, 5) is 15.4. The summed E-state index contributed by atoms with van der Waals surface area (Å²) in [5.74, 6) is -0.101. The van der Waals surface area contributed by atoms with Crippen molar-refractivity contribution in [2.24, 2.45) is 0 Å². The van der Waals surface area contributed by atoms with E-state index in [1.165, 1.54) is 24.8 Å². The van der Waals surface area contributed by atoms with Crippen LogP contribution in [-0.2, 0) is 11.3 Å². The van der Waals surface area contributed by atoms with Gasteiger partial charge in [0.25, 0.3) is 0 Å². The van der Waals surface area contributed by atoms with Crippen LogP contribution in [-0.4, -0.2) is 40.2 Å². The Morgan fingerprint density at radius 2 is 1.73 bits per heavy atom. The summed E-state index contributed by atoms with van der Waals surface area (Å²) >= 11 is 0. The summed E-state index contributed by atoms with van der Waals surface area (Å²) in [5.41, 5.74) is 5.29. The molecule has 0 unspecified atom stereocenters. The van der Waals surface area contributed by atoms with Crippen LogP contribution >= 0.6 is 0 Å². The number of ether oxygens (including phenoxy) is 1. The van der Waals surface area contributed by atoms with Crippen molar-refractivity contribution in [2.75, 3.05) is 19.7 Å². The number of hydrogen-bond donors (Lipinski definition) is 1. The van der Waals surface area contributed by atoms with Gasteiger partial charge >= 0.3 is 5.97 Å². The van der Waals surface area contributed by atoms with Crippen molar-refractivity contribution in [2.45, 2.75) is 46.6 Å². The van der Waals surface area contributed by atoms with Crippen LogP contribution in [0, 0.1) is 13.8 Å². The van der Waals surface area contributed by atoms with Crippen molar-refractivity contribution < 1.29 is 14.6 Å². The fourth-order valence-corrected chi connectivity index (χ4v) is 4.54. The number of nitrogens with zero attached hydrogens (tertiary/aromatic N) is 2. The van der Waals surface area contributed by atoms with E-state index >= 15 is 0 Å². The highest BCUT2D eigenvalue weighted by Crippen LogP contribution is 2.37. The molecular formula is C25H30N2O3. The predicted octanol–water partition coefficient (Wildman–Crippen LogP) is 5.12. The number of likely N-dealkylation sites (tertiary alicyclic amines) is 1. The summed E-state index contributed by atoms with van der Waals surface area (Å²) in [6, 6.07) is 11.9. The molecule has 1 aliphatic heterocycles. The van der Waals surface area contributed by atoms with Crippen molar-refractivity contribution in [1.82, 2.24) is 9.47 Å². The quantitative estimate of drug-likeness (QED) is 0.598. The van der Waals surface area contributed by atoms with Gasteiger partial charge in [0.2, 0.25) is 0 Å². The highest BCUT2D eigenvalue weighted by Gasteiger charge is 2.26. The molecule has 1 saturated heterocycles. The molecule has 0 aliphatic carbocycles. The third-order valence-electron chi connectivity index (χ3n) is 6.06. The molecule has 0 radical (unpaired) electrons. The van der Waals surface area contributed by atoms with Gasteiger partial charge in [0, 0.05) is 28.9 Å². The number of carbonyl (C=O) groups excluding carboxylic acids is 1. The minimum absolute atomic E-state index is 0.236. The molecule has 30 heavy (non-hydrogen) atoms. The molecule has 1 aliphatic rings. The molecule has 4 rings (SSSR count). The number of piperidine rings is 1. The largest absolute Gasteiger partial charge is 0.508 e. The lowest BCUT2D eigenvalue weighted by Crippen LogP contribution is -2.29. The second-order valence-electron chi connectivity index (χ2n) is 8.15. The molecule has 0 saturated carbocycles. The maximum atomic E-state index is 13.0. The Balaban J connectivity index is 1.95. The van der Waals surface area contributed by atoms with E-state index in [0.29, 0.717) is 18.7 Å². The topological polar surface area (TPSA) is 54.7 Å². The van der Waals surface area contributed by atoms with Gasteiger partial charge in [-0.25, -0.2) is 4.79 Å². The fraction of sp³-hybridized carbons (Fsp3) is 0.400. The maximum absolute atomic E-state index is 13.0. The highest BCUT2D eigenvalue weighted by molar-refractivity contribution is 6.08. The molecule has 158 valence electrons. The molecule has 5 nitrogen and oxygen atoms in total. The van der Waals surface area contributed by atoms with Crippen LogP contribution in [0.5, 0.6) is 5.75 Å². The predicted molar refractivity (Wildman–Crippen MR) is 119 cm³/mol. The van der Waals surface area contributed by atoms with Gasteiger partial charge in [0.05, 0.1) is 17.7 Å². The lowest BCUT2D eigenvalue weighted by molar-refractivity contribution is 0.0527. The number of phenols is 1. The third-order valence-corrected chi connectivity index (χ3v) is 6.06. The molecule has 2 aromatic carbocycles. The summed E-state index contributed by atoms with van der Waals surface area (Å²) in [7, 11) is 0. The van der Waals surface area contributed by atoms with Crippen LogP contribution in [0.3, 0.4) is 0 Å². The normalized spacial score (nSPS) is 14.9. The molecule has 2 heterocycles. The first-order valence-electron chi connectivity index (χ1n) is 10.8. The van der Waals surface area contributed by atoms with E-state index in [0.717, 1.165) is 40.9 Å². The zero-order valence-electron chi connectivity index (χ0n) is 18.1. The molecular weight excluding hydrogens is 376 g/mol. The zero-order valence-corrected chi connectivity index (χ0v) is 18.1. The van der Waals surface area contributed by atoms with Gasteiger partial charge in [-0.2, -0.15) is 0 Å². The van der Waals surface area contributed by atoms with Crippen molar-refractivity contribution in [3.63, 3.8) is 0 Å². The Labute approximate surface area is 177 Å². The second-order valence-corrected chi connectivity index (χ2v) is 8.15. The van der Waals surface area contributed by atoms with E-state index < -0.39 is 0 Å². The second kappa shape index (κ2) is 8.52. The number of aromatic nitrogens is 1. The van der Waals surface area contributed by atoms with E-state index in [-0.39, 0.29) is 11.7 Å². The van der Waals surface area contributed by atoms with E-state index in [4.69, 9.17) is 4.74 Å². The average Bonchev–Trinajstić information content (AvgIpc) is 3.04. The smallest absolute Gasteiger partial charge is 0.340 e. The van der Waals surface area contributed by atoms with Crippen LogP contribution in [0.15, 0.2) is 36.4 Å². The Kier molecular flexibility index (Phi) is 5.82. The van der Waals surface area contributed by atoms with E-state index in [2.05, 4.69) is 40.7 Å². The minimum Gasteiger partial charge on any atom is -0.508 e. The number of aryl methyl sites for hydroxylation is 1. The molecule has 0 spiro atoms. The van der Waals surface area contributed by atoms with Gasteiger partial charge in [-0.1, -0.05) is 24.1 Å². The molecule has 0 atom stereocenters. The lowest BCUT2D eigenvalue weighted by Gasteiger charge is -2.27. The van der Waals surface area contributed by atoms with Gasteiger partial charge in [-0.05, 0) is 71.0 Å². The molecule has 1 N–H and O–H groups in total. The summed E-state index contributed by atoms with van der Waals surface area (Å²) in [5, 5.41) is 11.6. The van der Waals surface area contributed by atoms with E-state index in [1.807, 2.05) is 19.9 Å².